The van der Waals surface area contributed by atoms with Crippen molar-refractivity contribution in [3.63, 3.8) is 0 Å². The van der Waals surface area contributed by atoms with Crippen LogP contribution in [0.15, 0.2) is 29.6 Å². The van der Waals surface area contributed by atoms with Gasteiger partial charge in [0, 0.05) is 11.3 Å². The fourth-order valence-electron chi connectivity index (χ4n) is 2.11. The van der Waals surface area contributed by atoms with Gasteiger partial charge in [-0.2, -0.15) is 0 Å². The number of hydrogen-bond donors (Lipinski definition) is 1. The van der Waals surface area contributed by atoms with Gasteiger partial charge in [-0.05, 0) is 23.1 Å². The molecule has 0 radical (unpaired) electrons. The predicted octanol–water partition coefficient (Wildman–Crippen LogP) is 4.26. The van der Waals surface area contributed by atoms with Gasteiger partial charge in [0.05, 0.1) is 17.2 Å². The van der Waals surface area contributed by atoms with E-state index in [0.29, 0.717) is 18.2 Å². The van der Waals surface area contributed by atoms with Crippen LogP contribution < -0.4 is 10.1 Å². The number of ether oxygens (including phenoxy) is 1. The van der Waals surface area contributed by atoms with Crippen LogP contribution in [0.3, 0.4) is 0 Å². The maximum atomic E-state index is 11.9. The Bertz CT molecular complexity index is 669. The topological polar surface area (TPSA) is 51.2 Å². The van der Waals surface area contributed by atoms with Gasteiger partial charge in [0.25, 0.3) is 5.91 Å². The molecular formula is C19H26N2O2S. The van der Waals surface area contributed by atoms with Crippen LogP contribution in [-0.2, 0) is 16.8 Å². The standard InChI is InChI=1S/C19H26N2O2S/c1-13(2)18-21-15(12-24-18)10-20-17(22)11-23-16-8-6-14(7-9-16)19(3,4)5/h6-9,12-13H,10-11H2,1-5H3,(H,20,22). The lowest BCUT2D eigenvalue weighted by atomic mass is 9.87. The van der Waals surface area contributed by atoms with Gasteiger partial charge in [-0.3, -0.25) is 4.79 Å². The summed E-state index contributed by atoms with van der Waals surface area (Å²) >= 11 is 1.63. The normalized spacial score (nSPS) is 11.6. The molecule has 1 amide bonds. The summed E-state index contributed by atoms with van der Waals surface area (Å²) in [6, 6.07) is 7.89. The molecule has 0 fully saturated rings. The van der Waals surface area contributed by atoms with Crippen molar-refractivity contribution in [2.24, 2.45) is 0 Å². The number of carbonyl (C=O) groups excluding carboxylic acids is 1. The van der Waals surface area contributed by atoms with Gasteiger partial charge in [0.2, 0.25) is 0 Å². The number of thiazole rings is 1. The van der Waals surface area contributed by atoms with E-state index < -0.39 is 0 Å². The molecule has 0 aliphatic heterocycles. The molecular weight excluding hydrogens is 320 g/mol. The van der Waals surface area contributed by atoms with Crippen molar-refractivity contribution in [1.82, 2.24) is 10.3 Å². The second-order valence-electron chi connectivity index (χ2n) is 7.17. The van der Waals surface area contributed by atoms with Crippen molar-refractivity contribution in [3.05, 3.63) is 45.9 Å². The van der Waals surface area contributed by atoms with Gasteiger partial charge in [-0.25, -0.2) is 4.98 Å². The van der Waals surface area contributed by atoms with Gasteiger partial charge >= 0.3 is 0 Å². The second kappa shape index (κ2) is 7.79. The third-order valence-electron chi connectivity index (χ3n) is 3.62. The Labute approximate surface area is 148 Å². The van der Waals surface area contributed by atoms with Crippen LogP contribution in [0.25, 0.3) is 0 Å². The number of nitrogens with zero attached hydrogens (tertiary/aromatic N) is 1. The Kier molecular flexibility index (Phi) is 5.99. The van der Waals surface area contributed by atoms with E-state index in [1.807, 2.05) is 29.6 Å². The maximum absolute atomic E-state index is 11.9. The highest BCUT2D eigenvalue weighted by Gasteiger charge is 2.13. The first-order chi connectivity index (χ1) is 11.3. The molecule has 1 aromatic carbocycles. The molecule has 0 saturated heterocycles. The van der Waals surface area contributed by atoms with Crippen molar-refractivity contribution < 1.29 is 9.53 Å². The van der Waals surface area contributed by atoms with Crippen LogP contribution in [-0.4, -0.2) is 17.5 Å². The van der Waals surface area contributed by atoms with E-state index in [9.17, 15) is 4.79 Å². The highest BCUT2D eigenvalue weighted by atomic mass is 32.1. The SMILES string of the molecule is CC(C)c1nc(CNC(=O)COc2ccc(C(C)(C)C)cc2)cs1. The van der Waals surface area contributed by atoms with E-state index in [0.717, 1.165) is 10.7 Å². The van der Waals surface area contributed by atoms with Crippen LogP contribution in [0, 0.1) is 0 Å². The maximum Gasteiger partial charge on any atom is 0.258 e. The van der Waals surface area contributed by atoms with E-state index in [2.05, 4.69) is 44.9 Å². The molecule has 2 rings (SSSR count). The third-order valence-corrected chi connectivity index (χ3v) is 4.81. The van der Waals surface area contributed by atoms with Crippen molar-refractivity contribution in [1.29, 1.82) is 0 Å². The summed E-state index contributed by atoms with van der Waals surface area (Å²) in [5.74, 6) is 0.974. The zero-order valence-corrected chi connectivity index (χ0v) is 15.9. The molecule has 0 bridgehead atoms. The summed E-state index contributed by atoms with van der Waals surface area (Å²) < 4.78 is 5.54. The minimum absolute atomic E-state index is 0.00996. The Morgan fingerprint density at radius 1 is 1.25 bits per heavy atom. The van der Waals surface area contributed by atoms with Crippen LogP contribution in [0.1, 0.15) is 56.8 Å². The zero-order chi connectivity index (χ0) is 17.7. The lowest BCUT2D eigenvalue weighted by Gasteiger charge is -2.19. The van der Waals surface area contributed by atoms with Gasteiger partial charge < -0.3 is 10.1 Å². The Hall–Kier alpha value is -1.88. The summed E-state index contributed by atoms with van der Waals surface area (Å²) in [5, 5.41) is 5.92. The minimum atomic E-state index is -0.144. The van der Waals surface area contributed by atoms with Crippen molar-refractivity contribution in [3.8, 4) is 5.75 Å². The smallest absolute Gasteiger partial charge is 0.258 e. The van der Waals surface area contributed by atoms with Crippen LogP contribution in [0.2, 0.25) is 0 Å². The second-order valence-corrected chi connectivity index (χ2v) is 8.06. The number of hydrogen-bond acceptors (Lipinski definition) is 4. The Morgan fingerprint density at radius 3 is 2.46 bits per heavy atom. The first kappa shape index (κ1) is 18.5. The van der Waals surface area contributed by atoms with Crippen molar-refractivity contribution >= 4 is 17.2 Å². The molecule has 0 aliphatic carbocycles. The lowest BCUT2D eigenvalue weighted by molar-refractivity contribution is -0.123. The van der Waals surface area contributed by atoms with Crippen LogP contribution in [0.4, 0.5) is 0 Å². The molecule has 4 nitrogen and oxygen atoms in total. The van der Waals surface area contributed by atoms with Gasteiger partial charge in [-0.15, -0.1) is 11.3 Å². The average molecular weight is 346 g/mol. The van der Waals surface area contributed by atoms with E-state index in [-0.39, 0.29) is 17.9 Å². The van der Waals surface area contributed by atoms with Crippen LogP contribution >= 0.6 is 11.3 Å². The molecule has 2 aromatic rings. The van der Waals surface area contributed by atoms with E-state index >= 15 is 0 Å². The predicted molar refractivity (Wildman–Crippen MR) is 98.7 cm³/mol. The first-order valence-corrected chi connectivity index (χ1v) is 9.08. The largest absolute Gasteiger partial charge is 0.484 e. The fraction of sp³-hybridized carbons (Fsp3) is 0.474. The Morgan fingerprint density at radius 2 is 1.92 bits per heavy atom. The van der Waals surface area contributed by atoms with Crippen molar-refractivity contribution in [2.45, 2.75) is 52.5 Å². The summed E-state index contributed by atoms with van der Waals surface area (Å²) in [4.78, 5) is 16.4. The zero-order valence-electron chi connectivity index (χ0n) is 15.1. The number of rotatable bonds is 6. The Balaban J connectivity index is 1.78. The molecule has 0 saturated carbocycles. The monoisotopic (exact) mass is 346 g/mol. The van der Waals surface area contributed by atoms with E-state index in [1.165, 1.54) is 5.56 Å². The summed E-state index contributed by atoms with van der Waals surface area (Å²) in [5.41, 5.74) is 2.24. The molecule has 0 unspecified atom stereocenters. The molecule has 0 spiro atoms. The molecule has 1 N–H and O–H groups in total. The number of nitrogens with one attached hydrogen (secondary N) is 1. The fourth-order valence-corrected chi connectivity index (χ4v) is 2.94. The molecule has 0 aliphatic rings. The van der Waals surface area contributed by atoms with E-state index in [1.54, 1.807) is 11.3 Å². The highest BCUT2D eigenvalue weighted by Crippen LogP contribution is 2.24. The average Bonchev–Trinajstić information content (AvgIpc) is 3.00. The quantitative estimate of drug-likeness (QED) is 0.850. The third kappa shape index (κ3) is 5.34. The highest BCUT2D eigenvalue weighted by molar-refractivity contribution is 7.09. The molecule has 24 heavy (non-hydrogen) atoms. The van der Waals surface area contributed by atoms with E-state index in [4.69, 9.17) is 4.74 Å². The summed E-state index contributed by atoms with van der Waals surface area (Å²) in [7, 11) is 0. The summed E-state index contributed by atoms with van der Waals surface area (Å²) in [6.07, 6.45) is 0. The van der Waals surface area contributed by atoms with Gasteiger partial charge in [0.15, 0.2) is 6.61 Å². The molecule has 0 atom stereocenters. The molecule has 5 heteroatoms. The van der Waals surface area contributed by atoms with Crippen LogP contribution in [0.5, 0.6) is 5.75 Å². The molecule has 1 heterocycles. The number of benzene rings is 1. The molecule has 1 aromatic heterocycles. The molecule has 130 valence electrons. The number of aromatic nitrogens is 1. The summed E-state index contributed by atoms with van der Waals surface area (Å²) in [6.45, 7) is 11.2. The van der Waals surface area contributed by atoms with Crippen molar-refractivity contribution in [2.75, 3.05) is 6.61 Å². The first-order valence-electron chi connectivity index (χ1n) is 8.20. The lowest BCUT2D eigenvalue weighted by Crippen LogP contribution is -2.28. The number of amides is 1. The van der Waals surface area contributed by atoms with Gasteiger partial charge in [-0.1, -0.05) is 46.8 Å². The number of carbonyl (C=O) groups is 1. The van der Waals surface area contributed by atoms with Gasteiger partial charge in [0.1, 0.15) is 5.75 Å². The minimum Gasteiger partial charge on any atom is -0.484 e.